The Morgan fingerprint density at radius 2 is 1.73 bits per heavy atom. The molecule has 2 N–H and O–H groups in total. The molecule has 12 heteroatoms. The molecule has 2 heterocycles. The zero-order valence-electron chi connectivity index (χ0n) is 21.4. The van der Waals surface area contributed by atoms with Crippen molar-refractivity contribution < 1.29 is 32.3 Å². The van der Waals surface area contributed by atoms with E-state index < -0.39 is 29.8 Å². The Balaban J connectivity index is 1.91. The molecule has 4 amide bonds. The first-order valence-corrected chi connectivity index (χ1v) is 12.5. The maximum Gasteiger partial charge on any atom is 0.416 e. The number of esters is 1. The van der Waals surface area contributed by atoms with Crippen LogP contribution in [0.3, 0.4) is 0 Å². The summed E-state index contributed by atoms with van der Waals surface area (Å²) in [6, 6.07) is 2.85. The van der Waals surface area contributed by atoms with Crippen LogP contribution in [0.25, 0.3) is 0 Å². The molecular formula is C25H34F3N5O4. The Morgan fingerprint density at radius 3 is 2.27 bits per heavy atom. The van der Waals surface area contributed by atoms with Crippen molar-refractivity contribution in [1.29, 1.82) is 0 Å². The standard InChI is InChI=1S/C25H34F3N5O4/c1-4-11-29-23(35)32-14-12-31(13-15-32)16-19-20(22(34)37-6-3)21(30-24(36)33(19)5-2)17-7-9-18(10-8-17)25(26,27)28/h7-10,21H,4-6,11-16H2,1-3H3,(H,29,35)(H,30,36). The van der Waals surface area contributed by atoms with Crippen molar-refractivity contribution in [3.63, 3.8) is 0 Å². The van der Waals surface area contributed by atoms with Crippen molar-refractivity contribution in [3.05, 3.63) is 46.7 Å². The molecule has 0 radical (unpaired) electrons. The van der Waals surface area contributed by atoms with Crippen molar-refractivity contribution in [3.8, 4) is 0 Å². The van der Waals surface area contributed by atoms with Crippen LogP contribution in [0.5, 0.6) is 0 Å². The van der Waals surface area contributed by atoms with Crippen LogP contribution in [0.4, 0.5) is 22.8 Å². The molecule has 1 aromatic carbocycles. The number of carbonyl (C=O) groups is 3. The molecule has 1 unspecified atom stereocenters. The van der Waals surface area contributed by atoms with Gasteiger partial charge in [-0.05, 0) is 38.0 Å². The average molecular weight is 526 g/mol. The zero-order valence-corrected chi connectivity index (χ0v) is 21.4. The molecule has 0 aliphatic carbocycles. The molecule has 0 aromatic heterocycles. The Labute approximate surface area is 214 Å². The van der Waals surface area contributed by atoms with Crippen LogP contribution in [-0.2, 0) is 15.7 Å². The summed E-state index contributed by atoms with van der Waals surface area (Å²) >= 11 is 0. The van der Waals surface area contributed by atoms with E-state index in [1.807, 2.05) is 11.8 Å². The van der Waals surface area contributed by atoms with E-state index in [0.29, 0.717) is 44.0 Å². The van der Waals surface area contributed by atoms with Crippen molar-refractivity contribution in [2.24, 2.45) is 0 Å². The van der Waals surface area contributed by atoms with Gasteiger partial charge in [-0.3, -0.25) is 9.80 Å². The molecule has 1 atom stereocenters. The van der Waals surface area contributed by atoms with Crippen molar-refractivity contribution in [2.45, 2.75) is 39.4 Å². The highest BCUT2D eigenvalue weighted by Crippen LogP contribution is 2.34. The third-order valence-electron chi connectivity index (χ3n) is 6.38. The van der Waals surface area contributed by atoms with Gasteiger partial charge in [0, 0.05) is 51.5 Å². The number of rotatable bonds is 8. The smallest absolute Gasteiger partial charge is 0.416 e. The van der Waals surface area contributed by atoms with Crippen LogP contribution < -0.4 is 10.6 Å². The van der Waals surface area contributed by atoms with Gasteiger partial charge in [-0.2, -0.15) is 13.2 Å². The van der Waals surface area contributed by atoms with E-state index in [2.05, 4.69) is 10.6 Å². The average Bonchev–Trinajstić information content (AvgIpc) is 2.87. The first-order chi connectivity index (χ1) is 17.6. The molecule has 2 aliphatic heterocycles. The fourth-order valence-electron chi connectivity index (χ4n) is 4.44. The molecule has 2 aliphatic rings. The SMILES string of the molecule is CCCNC(=O)N1CCN(CC2=C(C(=O)OCC)C(c3ccc(C(F)(F)F)cc3)NC(=O)N2CC)CC1. The molecule has 0 bridgehead atoms. The van der Waals surface area contributed by atoms with Gasteiger partial charge in [0.2, 0.25) is 0 Å². The number of benzene rings is 1. The molecule has 37 heavy (non-hydrogen) atoms. The van der Waals surface area contributed by atoms with Crippen molar-refractivity contribution >= 4 is 18.0 Å². The lowest BCUT2D eigenvalue weighted by Crippen LogP contribution is -2.55. The molecule has 1 fully saturated rings. The van der Waals surface area contributed by atoms with Gasteiger partial charge in [0.25, 0.3) is 0 Å². The molecule has 204 valence electrons. The molecule has 9 nitrogen and oxygen atoms in total. The van der Waals surface area contributed by atoms with E-state index in [1.54, 1.807) is 18.7 Å². The number of alkyl halides is 3. The second kappa shape index (κ2) is 12.3. The van der Waals surface area contributed by atoms with Crippen LogP contribution >= 0.6 is 0 Å². The molecule has 3 rings (SSSR count). The predicted molar refractivity (Wildman–Crippen MR) is 130 cm³/mol. The molecule has 0 saturated carbocycles. The minimum atomic E-state index is -4.51. The van der Waals surface area contributed by atoms with Crippen LogP contribution in [0.15, 0.2) is 35.5 Å². The lowest BCUT2D eigenvalue weighted by atomic mass is 9.93. The number of halogens is 3. The number of hydrogen-bond donors (Lipinski definition) is 2. The molecule has 1 aromatic rings. The quantitative estimate of drug-likeness (QED) is 0.508. The number of nitrogens with one attached hydrogen (secondary N) is 2. The summed E-state index contributed by atoms with van der Waals surface area (Å²) in [5.74, 6) is -0.640. The number of ether oxygens (including phenoxy) is 1. The zero-order chi connectivity index (χ0) is 27.2. The van der Waals surface area contributed by atoms with Gasteiger partial charge in [-0.15, -0.1) is 0 Å². The number of carbonyl (C=O) groups excluding carboxylic acids is 3. The summed E-state index contributed by atoms with van der Waals surface area (Å²) in [4.78, 5) is 43.7. The topological polar surface area (TPSA) is 94.2 Å². The van der Waals surface area contributed by atoms with Gasteiger partial charge in [0.1, 0.15) is 0 Å². The number of urea groups is 2. The molecule has 1 saturated heterocycles. The Hall–Kier alpha value is -3.28. The monoisotopic (exact) mass is 525 g/mol. The van der Waals surface area contributed by atoms with Gasteiger partial charge in [-0.1, -0.05) is 19.1 Å². The predicted octanol–water partition coefficient (Wildman–Crippen LogP) is 3.35. The fraction of sp³-hybridized carbons (Fsp3) is 0.560. The first-order valence-electron chi connectivity index (χ1n) is 12.5. The Bertz CT molecular complexity index is 1000. The van der Waals surface area contributed by atoms with Crippen LogP contribution in [0.2, 0.25) is 0 Å². The number of piperazine rings is 1. The van der Waals surface area contributed by atoms with Crippen LogP contribution in [0, 0.1) is 0 Å². The first kappa shape index (κ1) is 28.3. The summed E-state index contributed by atoms with van der Waals surface area (Å²) in [6.45, 7) is 8.67. The number of likely N-dealkylation sites (N-methyl/N-ethyl adjacent to an activating group) is 1. The number of nitrogens with zero attached hydrogens (tertiary/aromatic N) is 3. The van der Waals surface area contributed by atoms with Gasteiger partial charge < -0.3 is 20.3 Å². The number of amides is 4. The van der Waals surface area contributed by atoms with Gasteiger partial charge in [0.05, 0.1) is 23.8 Å². The Morgan fingerprint density at radius 1 is 1.08 bits per heavy atom. The van der Waals surface area contributed by atoms with Crippen LogP contribution in [0.1, 0.15) is 44.4 Å². The highest BCUT2D eigenvalue weighted by molar-refractivity contribution is 5.95. The third-order valence-corrected chi connectivity index (χ3v) is 6.38. The number of hydrogen-bond acceptors (Lipinski definition) is 5. The molecule has 0 spiro atoms. The van der Waals surface area contributed by atoms with Crippen molar-refractivity contribution in [2.75, 3.05) is 52.4 Å². The second-order valence-corrected chi connectivity index (χ2v) is 8.82. The Kier molecular flexibility index (Phi) is 9.41. The lowest BCUT2D eigenvalue weighted by molar-refractivity contribution is -0.139. The van der Waals surface area contributed by atoms with E-state index in [1.165, 1.54) is 17.0 Å². The van der Waals surface area contributed by atoms with Gasteiger partial charge in [0.15, 0.2) is 0 Å². The van der Waals surface area contributed by atoms with E-state index >= 15 is 0 Å². The van der Waals surface area contributed by atoms with Gasteiger partial charge >= 0.3 is 24.2 Å². The summed E-state index contributed by atoms with van der Waals surface area (Å²) < 4.78 is 44.6. The summed E-state index contributed by atoms with van der Waals surface area (Å²) in [6.07, 6.45) is -3.67. The fourth-order valence-corrected chi connectivity index (χ4v) is 4.44. The lowest BCUT2D eigenvalue weighted by Gasteiger charge is -2.40. The van der Waals surface area contributed by atoms with Gasteiger partial charge in [-0.25, -0.2) is 14.4 Å². The third kappa shape index (κ3) is 6.73. The van der Waals surface area contributed by atoms with E-state index in [4.69, 9.17) is 4.74 Å². The second-order valence-electron chi connectivity index (χ2n) is 8.82. The minimum Gasteiger partial charge on any atom is -0.463 e. The summed E-state index contributed by atoms with van der Waals surface area (Å²) in [5.41, 5.74) is 0.149. The normalized spacial score (nSPS) is 19.1. The maximum absolute atomic E-state index is 13.2. The highest BCUT2D eigenvalue weighted by Gasteiger charge is 2.39. The van der Waals surface area contributed by atoms with E-state index in [-0.39, 0.29) is 31.3 Å². The maximum atomic E-state index is 13.2. The largest absolute Gasteiger partial charge is 0.463 e. The minimum absolute atomic E-state index is 0.0982. The summed E-state index contributed by atoms with van der Waals surface area (Å²) in [7, 11) is 0. The highest BCUT2D eigenvalue weighted by atomic mass is 19.4. The van der Waals surface area contributed by atoms with Crippen molar-refractivity contribution in [1.82, 2.24) is 25.3 Å². The molecular weight excluding hydrogens is 491 g/mol. The summed E-state index contributed by atoms with van der Waals surface area (Å²) in [5, 5.41) is 5.62. The van der Waals surface area contributed by atoms with E-state index in [0.717, 1.165) is 18.6 Å². The van der Waals surface area contributed by atoms with E-state index in [9.17, 15) is 27.6 Å². The van der Waals surface area contributed by atoms with Crippen LogP contribution in [-0.4, -0.2) is 85.2 Å².